The summed E-state index contributed by atoms with van der Waals surface area (Å²) in [7, 11) is -3.28. The van der Waals surface area contributed by atoms with Gasteiger partial charge >= 0.3 is 6.09 Å². The van der Waals surface area contributed by atoms with E-state index in [1.807, 2.05) is 18.2 Å². The van der Waals surface area contributed by atoms with Crippen LogP contribution < -0.4 is 4.74 Å². The quantitative estimate of drug-likeness (QED) is 0.585. The Kier molecular flexibility index (Phi) is 7.85. The number of carbonyl (C=O) groups is 1. The van der Waals surface area contributed by atoms with Crippen LogP contribution in [0.5, 0.6) is 5.75 Å². The molecule has 1 N–H and O–H groups in total. The van der Waals surface area contributed by atoms with Gasteiger partial charge in [-0.05, 0) is 54.4 Å². The molecule has 0 bridgehead atoms. The normalized spacial score (nSPS) is 17.5. The van der Waals surface area contributed by atoms with E-state index in [2.05, 4.69) is 20.8 Å². The Balaban J connectivity index is 1.61. The molecule has 0 saturated carbocycles. The van der Waals surface area contributed by atoms with Crippen molar-refractivity contribution in [2.45, 2.75) is 17.4 Å². The standard InChI is InChI=1S/C21H24BrClN2O5S/c1-31(28,29)19-5-3-18(4-6-19)30-14-17-13-24(10-11-25(17)21(26)27)9-8-15-12-16(23)2-7-20(15)22/h2-7,12,17H,8-11,13-14H2,1H3,(H,26,27)/t17-/m0/s1. The first-order valence-corrected chi connectivity index (χ1v) is 12.8. The highest BCUT2D eigenvalue weighted by atomic mass is 79.9. The van der Waals surface area contributed by atoms with Gasteiger partial charge in [0.2, 0.25) is 0 Å². The second kappa shape index (κ2) is 10.2. The highest BCUT2D eigenvalue weighted by molar-refractivity contribution is 9.10. The van der Waals surface area contributed by atoms with Crippen molar-refractivity contribution in [1.82, 2.24) is 9.80 Å². The zero-order chi connectivity index (χ0) is 22.6. The number of hydrogen-bond acceptors (Lipinski definition) is 5. The number of sulfone groups is 1. The molecule has 1 fully saturated rings. The number of ether oxygens (including phenoxy) is 1. The number of hydrogen-bond donors (Lipinski definition) is 1. The van der Waals surface area contributed by atoms with Crippen LogP contribution in [-0.4, -0.2) is 74.5 Å². The molecule has 1 heterocycles. The zero-order valence-corrected chi connectivity index (χ0v) is 20.2. The van der Waals surface area contributed by atoms with E-state index in [0.29, 0.717) is 30.4 Å². The second-order valence-corrected chi connectivity index (χ2v) is 10.8. The summed E-state index contributed by atoms with van der Waals surface area (Å²) in [6.07, 6.45) is 0.958. The summed E-state index contributed by atoms with van der Waals surface area (Å²) in [6.45, 7) is 2.54. The molecule has 10 heteroatoms. The average molecular weight is 532 g/mol. The van der Waals surface area contributed by atoms with Gasteiger partial charge in [-0.15, -0.1) is 0 Å². The lowest BCUT2D eigenvalue weighted by molar-refractivity contribution is 0.0469. The van der Waals surface area contributed by atoms with Gasteiger partial charge in [-0.25, -0.2) is 13.2 Å². The van der Waals surface area contributed by atoms with Gasteiger partial charge in [0.25, 0.3) is 0 Å². The van der Waals surface area contributed by atoms with Crippen molar-refractivity contribution in [1.29, 1.82) is 0 Å². The number of rotatable bonds is 7. The first kappa shape index (κ1) is 23.8. The van der Waals surface area contributed by atoms with Crippen LogP contribution in [0.2, 0.25) is 5.02 Å². The van der Waals surface area contributed by atoms with Gasteiger partial charge in [-0.3, -0.25) is 9.80 Å². The minimum Gasteiger partial charge on any atom is -0.491 e. The summed E-state index contributed by atoms with van der Waals surface area (Å²) in [4.78, 5) is 15.5. The lowest BCUT2D eigenvalue weighted by Gasteiger charge is -2.39. The summed E-state index contributed by atoms with van der Waals surface area (Å²) in [5.41, 5.74) is 1.10. The second-order valence-electron chi connectivity index (χ2n) is 7.47. The third-order valence-corrected chi connectivity index (χ3v) is 7.35. The van der Waals surface area contributed by atoms with E-state index in [9.17, 15) is 18.3 Å². The molecule has 168 valence electrons. The molecule has 0 unspecified atom stereocenters. The van der Waals surface area contributed by atoms with Crippen molar-refractivity contribution in [3.63, 3.8) is 0 Å². The maximum atomic E-state index is 11.7. The van der Waals surface area contributed by atoms with Gasteiger partial charge in [0.15, 0.2) is 9.84 Å². The van der Waals surface area contributed by atoms with Crippen molar-refractivity contribution in [2.24, 2.45) is 0 Å². The number of benzene rings is 2. The molecule has 31 heavy (non-hydrogen) atoms. The topological polar surface area (TPSA) is 87.2 Å². The van der Waals surface area contributed by atoms with Crippen LogP contribution in [0.1, 0.15) is 5.56 Å². The number of amides is 1. The van der Waals surface area contributed by atoms with E-state index in [4.69, 9.17) is 16.3 Å². The number of halogens is 2. The number of carboxylic acid groups (broad SMARTS) is 1. The fourth-order valence-electron chi connectivity index (χ4n) is 3.51. The van der Waals surface area contributed by atoms with Crippen LogP contribution in [-0.2, 0) is 16.3 Å². The van der Waals surface area contributed by atoms with Gasteiger partial charge in [0.1, 0.15) is 12.4 Å². The summed E-state index contributed by atoms with van der Waals surface area (Å²) in [6, 6.07) is 11.5. The Morgan fingerprint density at radius 2 is 1.94 bits per heavy atom. The largest absolute Gasteiger partial charge is 0.491 e. The van der Waals surface area contributed by atoms with Crippen molar-refractivity contribution >= 4 is 43.5 Å². The van der Waals surface area contributed by atoms with E-state index in [1.54, 1.807) is 12.1 Å². The van der Waals surface area contributed by atoms with Crippen LogP contribution >= 0.6 is 27.5 Å². The van der Waals surface area contributed by atoms with Crippen molar-refractivity contribution in [3.8, 4) is 5.75 Å². The molecule has 1 saturated heterocycles. The molecule has 1 aliphatic rings. The van der Waals surface area contributed by atoms with Crippen LogP contribution in [0.4, 0.5) is 4.79 Å². The number of piperazine rings is 1. The Morgan fingerprint density at radius 3 is 2.58 bits per heavy atom. The molecular formula is C21H24BrClN2O5S. The van der Waals surface area contributed by atoms with Crippen LogP contribution in [0, 0.1) is 0 Å². The van der Waals surface area contributed by atoms with E-state index < -0.39 is 15.9 Å². The minimum absolute atomic E-state index is 0.182. The predicted molar refractivity (Wildman–Crippen MR) is 123 cm³/mol. The first-order valence-electron chi connectivity index (χ1n) is 9.72. The van der Waals surface area contributed by atoms with Crippen LogP contribution in [0.15, 0.2) is 51.8 Å². The van der Waals surface area contributed by atoms with E-state index in [0.717, 1.165) is 29.3 Å². The van der Waals surface area contributed by atoms with Gasteiger partial charge in [0, 0.05) is 41.9 Å². The Labute approximate surface area is 195 Å². The maximum absolute atomic E-state index is 11.7. The fraction of sp³-hybridized carbons (Fsp3) is 0.381. The van der Waals surface area contributed by atoms with E-state index in [-0.39, 0.29) is 17.5 Å². The summed E-state index contributed by atoms with van der Waals surface area (Å²) in [5.74, 6) is 0.498. The smallest absolute Gasteiger partial charge is 0.407 e. The van der Waals surface area contributed by atoms with Crippen molar-refractivity contribution in [3.05, 3.63) is 57.5 Å². The molecule has 1 amide bonds. The maximum Gasteiger partial charge on any atom is 0.407 e. The summed E-state index contributed by atoms with van der Waals surface area (Å²) < 4.78 is 29.9. The zero-order valence-electron chi connectivity index (χ0n) is 17.0. The van der Waals surface area contributed by atoms with Crippen molar-refractivity contribution < 1.29 is 23.1 Å². The summed E-state index contributed by atoms with van der Waals surface area (Å²) >= 11 is 9.64. The van der Waals surface area contributed by atoms with Gasteiger partial charge in [-0.2, -0.15) is 0 Å². The molecule has 7 nitrogen and oxygen atoms in total. The third kappa shape index (κ3) is 6.58. The van der Waals surface area contributed by atoms with Crippen molar-refractivity contribution in [2.75, 3.05) is 39.0 Å². The van der Waals surface area contributed by atoms with Gasteiger partial charge in [-0.1, -0.05) is 27.5 Å². The highest BCUT2D eigenvalue weighted by Gasteiger charge is 2.30. The Morgan fingerprint density at radius 1 is 1.23 bits per heavy atom. The van der Waals surface area contributed by atoms with Crippen LogP contribution in [0.25, 0.3) is 0 Å². The average Bonchev–Trinajstić information content (AvgIpc) is 2.72. The first-order chi connectivity index (χ1) is 14.6. The SMILES string of the molecule is CS(=O)(=O)c1ccc(OC[C@@H]2CN(CCc3cc(Cl)ccc3Br)CCN2C(=O)O)cc1. The molecule has 2 aromatic carbocycles. The predicted octanol–water partition coefficient (Wildman–Crippen LogP) is 3.79. The molecule has 2 aromatic rings. The number of nitrogens with zero attached hydrogens (tertiary/aromatic N) is 2. The van der Waals surface area contributed by atoms with E-state index in [1.165, 1.54) is 17.0 Å². The summed E-state index contributed by atoms with van der Waals surface area (Å²) in [5, 5.41) is 10.2. The molecule has 1 atom stereocenters. The molecule has 3 rings (SSSR count). The third-order valence-electron chi connectivity index (χ3n) is 5.21. The molecule has 0 aromatic heterocycles. The Bertz CT molecular complexity index is 1030. The monoisotopic (exact) mass is 530 g/mol. The lowest BCUT2D eigenvalue weighted by Crippen LogP contribution is -2.57. The molecule has 0 spiro atoms. The highest BCUT2D eigenvalue weighted by Crippen LogP contribution is 2.23. The molecule has 1 aliphatic heterocycles. The molecule has 0 aliphatic carbocycles. The molecular weight excluding hydrogens is 508 g/mol. The van der Waals surface area contributed by atoms with Gasteiger partial charge in [0.05, 0.1) is 10.9 Å². The minimum atomic E-state index is -3.28. The molecule has 0 radical (unpaired) electrons. The fourth-order valence-corrected chi connectivity index (χ4v) is 4.78. The van der Waals surface area contributed by atoms with E-state index >= 15 is 0 Å². The van der Waals surface area contributed by atoms with Crippen LogP contribution in [0.3, 0.4) is 0 Å². The van der Waals surface area contributed by atoms with Gasteiger partial charge < -0.3 is 9.84 Å². The lowest BCUT2D eigenvalue weighted by atomic mass is 10.1. The Hall–Kier alpha value is -1.81.